The summed E-state index contributed by atoms with van der Waals surface area (Å²) in [5, 5.41) is 15.7. The predicted molar refractivity (Wildman–Crippen MR) is 79.6 cm³/mol. The quantitative estimate of drug-likeness (QED) is 0.707. The molecule has 3 N–H and O–H groups in total. The van der Waals surface area contributed by atoms with Gasteiger partial charge in [0.05, 0.1) is 0 Å². The monoisotopic (exact) mass is 266 g/mol. The first-order valence-corrected chi connectivity index (χ1v) is 6.91. The number of aliphatic hydroxyl groups excluding tert-OH is 1. The lowest BCUT2D eigenvalue weighted by Gasteiger charge is -2.25. The number of aromatic nitrogens is 2. The second-order valence-corrected chi connectivity index (χ2v) is 5.40. The van der Waals surface area contributed by atoms with Crippen molar-refractivity contribution in [2.24, 2.45) is 5.92 Å². The van der Waals surface area contributed by atoms with Gasteiger partial charge in [-0.1, -0.05) is 27.7 Å². The van der Waals surface area contributed by atoms with Crippen LogP contribution in [-0.2, 0) is 0 Å². The minimum Gasteiger partial charge on any atom is -0.396 e. The first-order chi connectivity index (χ1) is 9.01. The van der Waals surface area contributed by atoms with Crippen LogP contribution in [0.3, 0.4) is 0 Å². The van der Waals surface area contributed by atoms with Crippen molar-refractivity contribution >= 4 is 11.6 Å². The Kier molecular flexibility index (Phi) is 6.02. The standard InChI is InChI=1S/C14H26N4O/c1-9(2)11(6-7-19)18-14-12(10(3)4)13(15-5)16-8-17-14/h8-11,19H,6-7H2,1-5H3,(H2,15,16,17,18). The van der Waals surface area contributed by atoms with E-state index in [1.807, 2.05) is 7.05 Å². The summed E-state index contributed by atoms with van der Waals surface area (Å²) in [7, 11) is 1.87. The van der Waals surface area contributed by atoms with Crippen molar-refractivity contribution in [3.8, 4) is 0 Å². The molecule has 1 aromatic rings. The average Bonchev–Trinajstić information content (AvgIpc) is 2.37. The summed E-state index contributed by atoms with van der Waals surface area (Å²) in [6, 6.07) is 0.210. The molecule has 5 heteroatoms. The van der Waals surface area contributed by atoms with E-state index in [2.05, 4.69) is 48.3 Å². The van der Waals surface area contributed by atoms with Gasteiger partial charge in [0.1, 0.15) is 18.0 Å². The molecular weight excluding hydrogens is 240 g/mol. The molecule has 0 bridgehead atoms. The summed E-state index contributed by atoms with van der Waals surface area (Å²) in [5.41, 5.74) is 1.09. The van der Waals surface area contributed by atoms with Crippen molar-refractivity contribution in [1.29, 1.82) is 0 Å². The normalized spacial score (nSPS) is 12.8. The van der Waals surface area contributed by atoms with Crippen LogP contribution in [0, 0.1) is 5.92 Å². The molecule has 0 aliphatic carbocycles. The number of hydrogen-bond donors (Lipinski definition) is 3. The second kappa shape index (κ2) is 7.28. The fourth-order valence-corrected chi connectivity index (χ4v) is 2.14. The number of rotatable bonds is 7. The first-order valence-electron chi connectivity index (χ1n) is 6.91. The number of hydrogen-bond acceptors (Lipinski definition) is 5. The highest BCUT2D eigenvalue weighted by molar-refractivity contribution is 5.59. The lowest BCUT2D eigenvalue weighted by molar-refractivity contribution is 0.267. The highest BCUT2D eigenvalue weighted by Crippen LogP contribution is 2.29. The van der Waals surface area contributed by atoms with Crippen LogP contribution in [0.1, 0.15) is 45.6 Å². The Bertz CT molecular complexity index is 393. The Morgan fingerprint density at radius 1 is 1.16 bits per heavy atom. The molecule has 19 heavy (non-hydrogen) atoms. The molecule has 0 saturated carbocycles. The second-order valence-electron chi connectivity index (χ2n) is 5.40. The summed E-state index contributed by atoms with van der Waals surface area (Å²) in [6.45, 7) is 8.71. The Hall–Kier alpha value is -1.36. The Balaban J connectivity index is 3.05. The van der Waals surface area contributed by atoms with E-state index in [0.29, 0.717) is 18.3 Å². The van der Waals surface area contributed by atoms with E-state index in [4.69, 9.17) is 5.11 Å². The van der Waals surface area contributed by atoms with Crippen LogP contribution >= 0.6 is 0 Å². The number of aliphatic hydroxyl groups is 1. The van der Waals surface area contributed by atoms with Crippen molar-refractivity contribution in [2.45, 2.75) is 46.1 Å². The van der Waals surface area contributed by atoms with Gasteiger partial charge >= 0.3 is 0 Å². The maximum absolute atomic E-state index is 9.16. The third-order valence-electron chi connectivity index (χ3n) is 3.27. The van der Waals surface area contributed by atoms with Crippen LogP contribution in [-0.4, -0.2) is 34.8 Å². The van der Waals surface area contributed by atoms with E-state index >= 15 is 0 Å². The van der Waals surface area contributed by atoms with Gasteiger partial charge in [-0.3, -0.25) is 0 Å². The number of nitrogens with one attached hydrogen (secondary N) is 2. The van der Waals surface area contributed by atoms with Gasteiger partial charge in [0.25, 0.3) is 0 Å². The van der Waals surface area contributed by atoms with Gasteiger partial charge < -0.3 is 15.7 Å². The van der Waals surface area contributed by atoms with E-state index in [9.17, 15) is 0 Å². The van der Waals surface area contributed by atoms with Gasteiger partial charge in [-0.25, -0.2) is 9.97 Å². The summed E-state index contributed by atoms with van der Waals surface area (Å²) < 4.78 is 0. The molecule has 0 aliphatic heterocycles. The van der Waals surface area contributed by atoms with Crippen LogP contribution in [0.2, 0.25) is 0 Å². The SMILES string of the molecule is CNc1ncnc(NC(CCO)C(C)C)c1C(C)C. The molecule has 1 heterocycles. The van der Waals surface area contributed by atoms with Gasteiger partial charge in [-0.05, 0) is 18.3 Å². The maximum atomic E-state index is 9.16. The van der Waals surface area contributed by atoms with Crippen LogP contribution in [0.4, 0.5) is 11.6 Å². The van der Waals surface area contributed by atoms with Crippen molar-refractivity contribution in [2.75, 3.05) is 24.3 Å². The predicted octanol–water partition coefficient (Wildman–Crippen LogP) is 2.46. The zero-order valence-corrected chi connectivity index (χ0v) is 12.6. The van der Waals surface area contributed by atoms with Gasteiger partial charge in [-0.15, -0.1) is 0 Å². The molecule has 108 valence electrons. The Labute approximate surface area is 115 Å². The maximum Gasteiger partial charge on any atom is 0.135 e. The van der Waals surface area contributed by atoms with Crippen molar-refractivity contribution in [3.05, 3.63) is 11.9 Å². The molecular formula is C14H26N4O. The smallest absolute Gasteiger partial charge is 0.135 e. The third-order valence-corrected chi connectivity index (χ3v) is 3.27. The molecule has 1 rings (SSSR count). The molecule has 1 unspecified atom stereocenters. The zero-order chi connectivity index (χ0) is 14.4. The molecule has 0 spiro atoms. The third kappa shape index (κ3) is 4.06. The molecule has 0 amide bonds. The molecule has 0 radical (unpaired) electrons. The number of anilines is 2. The van der Waals surface area contributed by atoms with Crippen LogP contribution in [0.25, 0.3) is 0 Å². The topological polar surface area (TPSA) is 70.1 Å². The van der Waals surface area contributed by atoms with Crippen molar-refractivity contribution in [1.82, 2.24) is 9.97 Å². The largest absolute Gasteiger partial charge is 0.396 e. The summed E-state index contributed by atoms with van der Waals surface area (Å²) in [4.78, 5) is 8.63. The summed E-state index contributed by atoms with van der Waals surface area (Å²) in [5.74, 6) is 2.48. The van der Waals surface area contributed by atoms with Crippen LogP contribution in [0.5, 0.6) is 0 Å². The van der Waals surface area contributed by atoms with Crippen molar-refractivity contribution < 1.29 is 5.11 Å². The van der Waals surface area contributed by atoms with Gasteiger partial charge in [0.15, 0.2) is 0 Å². The van der Waals surface area contributed by atoms with Gasteiger partial charge in [0, 0.05) is 25.3 Å². The van der Waals surface area contributed by atoms with E-state index in [1.54, 1.807) is 6.33 Å². The van der Waals surface area contributed by atoms with E-state index in [1.165, 1.54) is 0 Å². The van der Waals surface area contributed by atoms with Gasteiger partial charge in [-0.2, -0.15) is 0 Å². The zero-order valence-electron chi connectivity index (χ0n) is 12.6. The number of nitrogens with zero attached hydrogens (tertiary/aromatic N) is 2. The molecule has 0 aliphatic rings. The molecule has 1 aromatic heterocycles. The molecule has 0 aromatic carbocycles. The Morgan fingerprint density at radius 2 is 1.79 bits per heavy atom. The summed E-state index contributed by atoms with van der Waals surface area (Å²) >= 11 is 0. The highest BCUT2D eigenvalue weighted by atomic mass is 16.3. The van der Waals surface area contributed by atoms with Gasteiger partial charge in [0.2, 0.25) is 0 Å². The molecule has 0 fully saturated rings. The lowest BCUT2D eigenvalue weighted by Crippen LogP contribution is -2.28. The van der Waals surface area contributed by atoms with Crippen LogP contribution in [0.15, 0.2) is 6.33 Å². The summed E-state index contributed by atoms with van der Waals surface area (Å²) in [6.07, 6.45) is 2.28. The highest BCUT2D eigenvalue weighted by Gasteiger charge is 2.19. The van der Waals surface area contributed by atoms with Crippen LogP contribution < -0.4 is 10.6 Å². The first kappa shape index (κ1) is 15.7. The van der Waals surface area contributed by atoms with Crippen molar-refractivity contribution in [3.63, 3.8) is 0 Å². The Morgan fingerprint density at radius 3 is 2.26 bits per heavy atom. The van der Waals surface area contributed by atoms with E-state index in [-0.39, 0.29) is 12.6 Å². The minimum atomic E-state index is 0.177. The fourth-order valence-electron chi connectivity index (χ4n) is 2.14. The molecule has 0 saturated heterocycles. The lowest BCUT2D eigenvalue weighted by atomic mass is 9.99. The average molecular weight is 266 g/mol. The van der Waals surface area contributed by atoms with E-state index in [0.717, 1.165) is 17.2 Å². The fraction of sp³-hybridized carbons (Fsp3) is 0.714. The minimum absolute atomic E-state index is 0.177. The molecule has 5 nitrogen and oxygen atoms in total. The van der Waals surface area contributed by atoms with E-state index < -0.39 is 0 Å². The molecule has 1 atom stereocenters.